The number of carbonyl (C=O) groups is 2. The molecule has 26 heavy (non-hydrogen) atoms. The number of para-hydroxylation sites is 2. The van der Waals surface area contributed by atoms with Gasteiger partial charge in [0.1, 0.15) is 0 Å². The highest BCUT2D eigenvalue weighted by Gasteiger charge is 2.22. The van der Waals surface area contributed by atoms with E-state index in [9.17, 15) is 9.59 Å². The molecule has 3 nitrogen and oxygen atoms in total. The lowest BCUT2D eigenvalue weighted by molar-refractivity contribution is 0.107. The molecule has 0 amide bonds. The molecule has 0 aliphatic heterocycles. The first-order chi connectivity index (χ1) is 12.5. The van der Waals surface area contributed by atoms with Crippen LogP contribution in [0.1, 0.15) is 26.3 Å². The standard InChI is InChI=1S/C21H15Cl2NO2/c1-14-10-12-15(13-11-14)24(18-8-4-2-6-16(18)20(22)25)19-9-5-3-7-17(19)21(23)26/h2-13H,1H3. The fraction of sp³-hybridized carbons (Fsp3) is 0.0476. The summed E-state index contributed by atoms with van der Waals surface area (Å²) in [7, 11) is 0. The summed E-state index contributed by atoms with van der Waals surface area (Å²) >= 11 is 11.6. The molecule has 0 atom stereocenters. The Labute approximate surface area is 161 Å². The molecule has 130 valence electrons. The highest BCUT2D eigenvalue weighted by Crippen LogP contribution is 2.39. The van der Waals surface area contributed by atoms with E-state index >= 15 is 0 Å². The maximum Gasteiger partial charge on any atom is 0.254 e. The molecule has 0 aliphatic rings. The van der Waals surface area contributed by atoms with Crippen molar-refractivity contribution < 1.29 is 9.59 Å². The zero-order valence-corrected chi connectivity index (χ0v) is 15.5. The Morgan fingerprint density at radius 3 is 1.54 bits per heavy atom. The third-order valence-corrected chi connectivity index (χ3v) is 4.41. The average Bonchev–Trinajstić information content (AvgIpc) is 2.64. The van der Waals surface area contributed by atoms with Gasteiger partial charge in [0.05, 0.1) is 22.5 Å². The number of hydrogen-bond acceptors (Lipinski definition) is 3. The van der Waals surface area contributed by atoms with Crippen molar-refractivity contribution in [3.63, 3.8) is 0 Å². The van der Waals surface area contributed by atoms with Crippen LogP contribution in [0.5, 0.6) is 0 Å². The van der Waals surface area contributed by atoms with Crippen LogP contribution in [-0.2, 0) is 0 Å². The first kappa shape index (κ1) is 18.2. The molecule has 0 bridgehead atoms. The lowest BCUT2D eigenvalue weighted by atomic mass is 10.1. The molecule has 0 N–H and O–H groups in total. The van der Waals surface area contributed by atoms with Crippen molar-refractivity contribution in [1.29, 1.82) is 0 Å². The quantitative estimate of drug-likeness (QED) is 0.490. The van der Waals surface area contributed by atoms with Gasteiger partial charge < -0.3 is 4.90 Å². The van der Waals surface area contributed by atoms with E-state index in [4.69, 9.17) is 23.2 Å². The van der Waals surface area contributed by atoms with E-state index in [1.165, 1.54) is 0 Å². The summed E-state index contributed by atoms with van der Waals surface area (Å²) in [5, 5.41) is -1.15. The van der Waals surface area contributed by atoms with Crippen LogP contribution in [0.2, 0.25) is 0 Å². The third kappa shape index (κ3) is 3.64. The lowest BCUT2D eigenvalue weighted by Gasteiger charge is -2.28. The summed E-state index contributed by atoms with van der Waals surface area (Å²) < 4.78 is 0. The molecule has 0 saturated carbocycles. The van der Waals surface area contributed by atoms with Crippen LogP contribution in [-0.4, -0.2) is 10.5 Å². The summed E-state index contributed by atoms with van der Waals surface area (Å²) in [5.74, 6) is 0. The number of benzene rings is 3. The second kappa shape index (κ2) is 7.73. The fourth-order valence-electron chi connectivity index (χ4n) is 2.77. The zero-order valence-electron chi connectivity index (χ0n) is 13.9. The van der Waals surface area contributed by atoms with Crippen LogP contribution in [0, 0.1) is 6.92 Å². The van der Waals surface area contributed by atoms with Gasteiger partial charge in [0.2, 0.25) is 0 Å². The molecule has 5 heteroatoms. The predicted octanol–water partition coefficient (Wildman–Crippen LogP) is 6.22. The van der Waals surface area contributed by atoms with Gasteiger partial charge in [-0.2, -0.15) is 0 Å². The monoisotopic (exact) mass is 383 g/mol. The molecule has 3 aromatic carbocycles. The summed E-state index contributed by atoms with van der Waals surface area (Å²) in [6, 6.07) is 21.7. The number of hydrogen-bond donors (Lipinski definition) is 0. The van der Waals surface area contributed by atoms with E-state index in [2.05, 4.69) is 0 Å². The molecule has 0 radical (unpaired) electrons. The molecule has 3 aromatic rings. The van der Waals surface area contributed by atoms with Gasteiger partial charge in [0.25, 0.3) is 10.5 Å². The number of nitrogens with zero attached hydrogens (tertiary/aromatic N) is 1. The highest BCUT2D eigenvalue weighted by atomic mass is 35.5. The number of halogens is 2. The van der Waals surface area contributed by atoms with Crippen LogP contribution < -0.4 is 4.90 Å². The van der Waals surface area contributed by atoms with Crippen molar-refractivity contribution in [2.75, 3.05) is 4.90 Å². The van der Waals surface area contributed by atoms with Crippen molar-refractivity contribution in [3.8, 4) is 0 Å². The molecule has 0 fully saturated rings. The van der Waals surface area contributed by atoms with E-state index < -0.39 is 10.5 Å². The molecule has 3 rings (SSSR count). The maximum atomic E-state index is 12.0. The van der Waals surface area contributed by atoms with Crippen LogP contribution >= 0.6 is 23.2 Å². The summed E-state index contributed by atoms with van der Waals surface area (Å²) in [6.45, 7) is 1.99. The molecule has 0 unspecified atom stereocenters. The fourth-order valence-corrected chi connectivity index (χ4v) is 3.09. The van der Waals surface area contributed by atoms with Gasteiger partial charge in [-0.1, -0.05) is 42.0 Å². The van der Waals surface area contributed by atoms with Gasteiger partial charge in [0.15, 0.2) is 0 Å². The van der Waals surface area contributed by atoms with Gasteiger partial charge in [-0.05, 0) is 66.5 Å². The summed E-state index contributed by atoms with van der Waals surface area (Å²) in [5.41, 5.74) is 3.70. The highest BCUT2D eigenvalue weighted by molar-refractivity contribution is 6.69. The molecular weight excluding hydrogens is 369 g/mol. The first-order valence-electron chi connectivity index (χ1n) is 7.93. The topological polar surface area (TPSA) is 37.4 Å². The Bertz CT molecular complexity index is 910. The number of rotatable bonds is 5. The van der Waals surface area contributed by atoms with Gasteiger partial charge >= 0.3 is 0 Å². The van der Waals surface area contributed by atoms with Gasteiger partial charge in [-0.15, -0.1) is 0 Å². The van der Waals surface area contributed by atoms with Crippen molar-refractivity contribution in [3.05, 3.63) is 89.5 Å². The predicted molar refractivity (Wildman–Crippen MR) is 106 cm³/mol. The molecule has 0 spiro atoms. The Morgan fingerprint density at radius 2 is 1.12 bits per heavy atom. The minimum absolute atomic E-state index is 0.339. The van der Waals surface area contributed by atoms with Crippen molar-refractivity contribution in [2.24, 2.45) is 0 Å². The number of anilines is 3. The van der Waals surface area contributed by atoms with E-state index in [1.54, 1.807) is 36.4 Å². The first-order valence-corrected chi connectivity index (χ1v) is 8.69. The zero-order chi connectivity index (χ0) is 18.7. The van der Waals surface area contributed by atoms with Crippen LogP contribution in [0.25, 0.3) is 0 Å². The van der Waals surface area contributed by atoms with Gasteiger partial charge in [-0.3, -0.25) is 9.59 Å². The maximum absolute atomic E-state index is 12.0. The van der Waals surface area contributed by atoms with Crippen LogP contribution in [0.15, 0.2) is 72.8 Å². The van der Waals surface area contributed by atoms with Gasteiger partial charge in [0, 0.05) is 5.69 Å². The van der Waals surface area contributed by atoms with Crippen LogP contribution in [0.3, 0.4) is 0 Å². The molecule has 0 aromatic heterocycles. The van der Waals surface area contributed by atoms with E-state index in [1.807, 2.05) is 48.2 Å². The minimum atomic E-state index is -0.576. The normalized spacial score (nSPS) is 10.4. The number of carbonyl (C=O) groups excluding carboxylic acids is 2. The molecule has 0 heterocycles. The Hall–Kier alpha value is -2.62. The molecule has 0 saturated heterocycles. The Kier molecular flexibility index (Phi) is 5.40. The SMILES string of the molecule is Cc1ccc(N(c2ccccc2C(=O)Cl)c2ccccc2C(=O)Cl)cc1. The second-order valence-corrected chi connectivity index (χ2v) is 6.44. The summed E-state index contributed by atoms with van der Waals surface area (Å²) in [6.07, 6.45) is 0. The molecule has 0 aliphatic carbocycles. The van der Waals surface area contributed by atoms with Crippen molar-refractivity contribution in [2.45, 2.75) is 6.92 Å². The minimum Gasteiger partial charge on any atom is -0.309 e. The molecular formula is C21H15Cl2NO2. The van der Waals surface area contributed by atoms with E-state index in [0.717, 1.165) is 11.3 Å². The summed E-state index contributed by atoms with van der Waals surface area (Å²) in [4.78, 5) is 25.7. The number of aryl methyl sites for hydroxylation is 1. The van der Waals surface area contributed by atoms with Crippen LogP contribution in [0.4, 0.5) is 17.1 Å². The Balaban J connectivity index is 2.30. The van der Waals surface area contributed by atoms with Crippen molar-refractivity contribution in [1.82, 2.24) is 0 Å². The van der Waals surface area contributed by atoms with E-state index in [0.29, 0.717) is 22.5 Å². The average molecular weight is 384 g/mol. The van der Waals surface area contributed by atoms with Crippen molar-refractivity contribution >= 4 is 50.7 Å². The van der Waals surface area contributed by atoms with Gasteiger partial charge in [-0.25, -0.2) is 0 Å². The third-order valence-electron chi connectivity index (χ3n) is 4.01. The second-order valence-electron chi connectivity index (χ2n) is 5.75. The Morgan fingerprint density at radius 1 is 0.692 bits per heavy atom. The smallest absolute Gasteiger partial charge is 0.254 e. The lowest BCUT2D eigenvalue weighted by Crippen LogP contribution is -2.15. The van der Waals surface area contributed by atoms with E-state index in [-0.39, 0.29) is 0 Å². The largest absolute Gasteiger partial charge is 0.309 e.